The number of benzene rings is 1. The zero-order valence-electron chi connectivity index (χ0n) is 15.3. The number of rotatable bonds is 8. The number of nitrogens with one attached hydrogen (secondary N) is 3. The van der Waals surface area contributed by atoms with Gasteiger partial charge in [-0.3, -0.25) is 14.4 Å². The second-order valence-electron chi connectivity index (χ2n) is 6.55. The average Bonchev–Trinajstić information content (AvgIpc) is 2.66. The number of aliphatic hydroxyl groups excluding tert-OH is 1. The third-order valence-electron chi connectivity index (χ3n) is 4.43. The number of aliphatic hydroxyl groups is 1. The molecule has 1 saturated carbocycles. The van der Waals surface area contributed by atoms with Crippen LogP contribution < -0.4 is 16.0 Å². The summed E-state index contributed by atoms with van der Waals surface area (Å²) in [6.45, 7) is -0.525. The Hall–Kier alpha value is -2.55. The van der Waals surface area contributed by atoms with E-state index >= 15 is 0 Å². The number of carbonyl (C=O) groups is 3. The summed E-state index contributed by atoms with van der Waals surface area (Å²) in [5, 5.41) is 26.7. The Morgan fingerprint density at radius 3 is 2.29 bits per heavy atom. The molecule has 152 valence electrons. The molecule has 0 aromatic heterocycles. The number of hydrogen-bond acceptors (Lipinski definition) is 5. The maximum atomic E-state index is 12.6. The molecule has 2 rings (SSSR count). The van der Waals surface area contributed by atoms with Gasteiger partial charge >= 0.3 is 5.97 Å². The maximum absolute atomic E-state index is 12.6. The van der Waals surface area contributed by atoms with Crippen molar-refractivity contribution >= 4 is 33.7 Å². The van der Waals surface area contributed by atoms with Crippen LogP contribution in [0.2, 0.25) is 0 Å². The Morgan fingerprint density at radius 2 is 1.64 bits per heavy atom. The molecule has 0 spiro atoms. The number of amides is 2. The monoisotopic (exact) mass is 453 g/mol. The molecule has 2 amide bonds. The molecule has 1 aliphatic carbocycles. The Balaban J connectivity index is 2.14. The topological polar surface area (TPSA) is 128 Å². The summed E-state index contributed by atoms with van der Waals surface area (Å²) in [6.07, 6.45) is 4.76. The molecule has 0 unspecified atom stereocenters. The summed E-state index contributed by atoms with van der Waals surface area (Å²) in [5.41, 5.74) is 0.264. The molecule has 5 N–H and O–H groups in total. The fraction of sp³-hybridized carbons (Fsp3) is 0.421. The zero-order valence-corrected chi connectivity index (χ0v) is 16.9. The minimum Gasteiger partial charge on any atom is -0.494 e. The lowest BCUT2D eigenvalue weighted by Gasteiger charge is -2.24. The molecule has 1 fully saturated rings. The minimum absolute atomic E-state index is 0.0351. The van der Waals surface area contributed by atoms with E-state index in [2.05, 4.69) is 31.9 Å². The van der Waals surface area contributed by atoms with Gasteiger partial charge < -0.3 is 26.2 Å². The van der Waals surface area contributed by atoms with Crippen molar-refractivity contribution < 1.29 is 24.6 Å². The predicted molar refractivity (Wildman–Crippen MR) is 106 cm³/mol. The van der Waals surface area contributed by atoms with Crippen LogP contribution in [0.5, 0.6) is 0 Å². The summed E-state index contributed by atoms with van der Waals surface area (Å²) < 4.78 is 0.792. The number of aliphatic carboxylic acids is 1. The van der Waals surface area contributed by atoms with Crippen molar-refractivity contribution in [3.05, 3.63) is 45.8 Å². The molecule has 0 aliphatic heterocycles. The molecule has 0 radical (unpaired) electrons. The van der Waals surface area contributed by atoms with Crippen LogP contribution in [0, 0.1) is 0 Å². The van der Waals surface area contributed by atoms with Gasteiger partial charge in [-0.15, -0.1) is 0 Å². The Morgan fingerprint density at radius 1 is 1.00 bits per heavy atom. The predicted octanol–water partition coefficient (Wildman–Crippen LogP) is 1.96. The lowest BCUT2D eigenvalue weighted by Crippen LogP contribution is -2.41. The lowest BCUT2D eigenvalue weighted by atomic mass is 9.95. The fourth-order valence-electron chi connectivity index (χ4n) is 2.98. The first-order valence-corrected chi connectivity index (χ1v) is 9.89. The second kappa shape index (κ2) is 10.7. The smallest absolute Gasteiger partial charge is 0.322 e. The summed E-state index contributed by atoms with van der Waals surface area (Å²) in [4.78, 5) is 35.7. The number of hydrogen-bond donors (Lipinski definition) is 5. The van der Waals surface area contributed by atoms with Gasteiger partial charge in [0.1, 0.15) is 6.54 Å². The van der Waals surface area contributed by atoms with Gasteiger partial charge in [0.2, 0.25) is 5.88 Å². The van der Waals surface area contributed by atoms with Gasteiger partial charge in [0, 0.05) is 17.1 Å². The first kappa shape index (κ1) is 21.7. The van der Waals surface area contributed by atoms with Gasteiger partial charge in [-0.1, -0.05) is 53.4 Å². The minimum atomic E-state index is -1.25. The highest BCUT2D eigenvalue weighted by atomic mass is 79.9. The third kappa shape index (κ3) is 6.56. The number of carboxylic acid groups (broad SMARTS) is 1. The lowest BCUT2D eigenvalue weighted by molar-refractivity contribution is -0.138. The van der Waals surface area contributed by atoms with Crippen molar-refractivity contribution in [2.24, 2.45) is 0 Å². The zero-order chi connectivity index (χ0) is 20.5. The van der Waals surface area contributed by atoms with Crippen LogP contribution in [0.25, 0.3) is 0 Å². The van der Waals surface area contributed by atoms with Crippen LogP contribution in [-0.2, 0) is 20.9 Å². The number of carbonyl (C=O) groups excluding carboxylic acids is 2. The van der Waals surface area contributed by atoms with Crippen LogP contribution in [0.3, 0.4) is 0 Å². The molecule has 0 bridgehead atoms. The molecule has 28 heavy (non-hydrogen) atoms. The van der Waals surface area contributed by atoms with Crippen molar-refractivity contribution in [3.63, 3.8) is 0 Å². The fourth-order valence-corrected chi connectivity index (χ4v) is 3.41. The van der Waals surface area contributed by atoms with E-state index in [1.807, 2.05) is 18.2 Å². The highest BCUT2D eigenvalue weighted by molar-refractivity contribution is 9.10. The average molecular weight is 454 g/mol. The van der Waals surface area contributed by atoms with Crippen LogP contribution in [-0.4, -0.2) is 40.6 Å². The van der Waals surface area contributed by atoms with E-state index in [1.54, 1.807) is 6.07 Å². The molecule has 0 heterocycles. The molecule has 1 aliphatic rings. The highest BCUT2D eigenvalue weighted by Gasteiger charge is 2.26. The molecule has 0 saturated heterocycles. The third-order valence-corrected chi connectivity index (χ3v) is 5.21. The van der Waals surface area contributed by atoms with Crippen LogP contribution in [0.4, 0.5) is 0 Å². The van der Waals surface area contributed by atoms with E-state index in [0.29, 0.717) is 0 Å². The van der Waals surface area contributed by atoms with Gasteiger partial charge in [0.05, 0.1) is 0 Å². The normalized spacial score (nSPS) is 15.3. The van der Waals surface area contributed by atoms with Gasteiger partial charge in [0.15, 0.2) is 5.57 Å². The van der Waals surface area contributed by atoms with Gasteiger partial charge in [-0.2, -0.15) is 0 Å². The quantitative estimate of drug-likeness (QED) is 0.177. The van der Waals surface area contributed by atoms with Crippen LogP contribution >= 0.6 is 15.9 Å². The molecular weight excluding hydrogens is 430 g/mol. The molecule has 1 aromatic carbocycles. The first-order valence-electron chi connectivity index (χ1n) is 9.10. The van der Waals surface area contributed by atoms with E-state index in [9.17, 15) is 19.5 Å². The number of halogens is 1. The van der Waals surface area contributed by atoms with Crippen molar-refractivity contribution in [1.29, 1.82) is 0 Å². The Labute approximate surface area is 171 Å². The summed E-state index contributed by atoms with van der Waals surface area (Å²) in [6, 6.07) is 7.23. The number of carboxylic acids is 1. The van der Waals surface area contributed by atoms with Crippen molar-refractivity contribution in [3.8, 4) is 0 Å². The van der Waals surface area contributed by atoms with E-state index in [4.69, 9.17) is 5.11 Å². The molecule has 9 heteroatoms. The Kier molecular flexibility index (Phi) is 8.31. The van der Waals surface area contributed by atoms with Crippen molar-refractivity contribution in [2.45, 2.75) is 44.7 Å². The van der Waals surface area contributed by atoms with Gasteiger partial charge in [-0.25, -0.2) is 0 Å². The second-order valence-corrected chi connectivity index (χ2v) is 7.41. The van der Waals surface area contributed by atoms with Crippen LogP contribution in [0.15, 0.2) is 40.2 Å². The molecule has 0 atom stereocenters. The standard InChI is InChI=1S/C19H24BrN3O5/c20-14-9-5-4-6-12(14)10-21-17(26)16(18(27)22-11-15(24)25)19(28)23-13-7-2-1-3-8-13/h4-6,9,13,23,28H,1-3,7-8,10-11H2,(H,21,26)(H,22,27)(H,24,25)/b19-16-. The molecule has 8 nitrogen and oxygen atoms in total. The van der Waals surface area contributed by atoms with Gasteiger partial charge in [-0.05, 0) is 24.5 Å². The van der Waals surface area contributed by atoms with Crippen molar-refractivity contribution in [2.75, 3.05) is 6.54 Å². The van der Waals surface area contributed by atoms with E-state index < -0.39 is 35.8 Å². The summed E-state index contributed by atoms with van der Waals surface area (Å²) in [5.74, 6) is -3.53. The summed E-state index contributed by atoms with van der Waals surface area (Å²) in [7, 11) is 0. The summed E-state index contributed by atoms with van der Waals surface area (Å²) >= 11 is 3.38. The highest BCUT2D eigenvalue weighted by Crippen LogP contribution is 2.19. The van der Waals surface area contributed by atoms with E-state index in [-0.39, 0.29) is 12.6 Å². The molecule has 1 aromatic rings. The molecular formula is C19H24BrN3O5. The largest absolute Gasteiger partial charge is 0.494 e. The SMILES string of the molecule is O=C(O)CNC(=O)/C(C(=O)NCc1ccccc1Br)=C(\O)NC1CCCCC1. The van der Waals surface area contributed by atoms with Crippen LogP contribution in [0.1, 0.15) is 37.7 Å². The van der Waals surface area contributed by atoms with Crippen molar-refractivity contribution in [1.82, 2.24) is 16.0 Å². The van der Waals surface area contributed by atoms with Gasteiger partial charge in [0.25, 0.3) is 11.8 Å². The van der Waals surface area contributed by atoms with E-state index in [0.717, 1.165) is 42.1 Å². The maximum Gasteiger partial charge on any atom is 0.322 e. The van der Waals surface area contributed by atoms with E-state index in [1.165, 1.54) is 0 Å². The first-order chi connectivity index (χ1) is 13.4. The Bertz CT molecular complexity index is 760.